The highest BCUT2D eigenvalue weighted by atomic mass is 127. The molecule has 0 spiro atoms. The molecule has 0 bridgehead atoms. The van der Waals surface area contributed by atoms with E-state index in [9.17, 15) is 13.2 Å². The van der Waals surface area contributed by atoms with Crippen molar-refractivity contribution in [2.75, 3.05) is 58.4 Å². The third-order valence-corrected chi connectivity index (χ3v) is 4.48. The first-order chi connectivity index (χ1) is 13.9. The van der Waals surface area contributed by atoms with Gasteiger partial charge in [0.15, 0.2) is 5.96 Å². The molecule has 2 rings (SSSR count). The quantitative estimate of drug-likeness (QED) is 0.202. The number of ether oxygens (including phenoxy) is 2. The fourth-order valence-corrected chi connectivity index (χ4v) is 3.18. The zero-order valence-corrected chi connectivity index (χ0v) is 19.8. The number of hydrogen-bond acceptors (Lipinski definition) is 4. The van der Waals surface area contributed by atoms with Crippen molar-refractivity contribution in [2.45, 2.75) is 25.9 Å². The minimum absolute atomic E-state index is 0. The molecule has 0 aliphatic carbocycles. The Labute approximate surface area is 193 Å². The lowest BCUT2D eigenvalue weighted by molar-refractivity contribution is -0.143. The molecule has 0 aromatic heterocycles. The van der Waals surface area contributed by atoms with E-state index in [0.29, 0.717) is 45.4 Å². The number of guanidine groups is 1. The van der Waals surface area contributed by atoms with Crippen molar-refractivity contribution < 1.29 is 22.6 Å². The number of likely N-dealkylation sites (tertiary alicyclic amines) is 1. The molecule has 1 heterocycles. The highest BCUT2D eigenvalue weighted by Crippen LogP contribution is 2.23. The molecule has 172 valence electrons. The summed E-state index contributed by atoms with van der Waals surface area (Å²) in [7, 11) is 1.66. The summed E-state index contributed by atoms with van der Waals surface area (Å²) >= 11 is 0. The van der Waals surface area contributed by atoms with Crippen LogP contribution >= 0.6 is 24.0 Å². The Balaban J connectivity index is 0.00000450. The van der Waals surface area contributed by atoms with Crippen molar-refractivity contribution in [1.29, 1.82) is 0 Å². The van der Waals surface area contributed by atoms with E-state index in [1.54, 1.807) is 7.11 Å². The third kappa shape index (κ3) is 10.7. The molecule has 1 fully saturated rings. The molecular weight excluding hydrogens is 512 g/mol. The predicted octanol–water partition coefficient (Wildman–Crippen LogP) is 3.98. The fourth-order valence-electron chi connectivity index (χ4n) is 3.18. The maximum Gasteiger partial charge on any atom is 0.401 e. The second kappa shape index (κ2) is 13.9. The Kier molecular flexibility index (Phi) is 12.4. The summed E-state index contributed by atoms with van der Waals surface area (Å²) in [6.07, 6.45) is -2.61. The van der Waals surface area contributed by atoms with Crippen LogP contribution in [0.1, 0.15) is 19.8 Å². The molecule has 1 unspecified atom stereocenters. The summed E-state index contributed by atoms with van der Waals surface area (Å²) in [5.41, 5.74) is 0.832. The van der Waals surface area contributed by atoms with E-state index in [0.717, 1.165) is 24.3 Å². The van der Waals surface area contributed by atoms with Gasteiger partial charge in [-0.15, -0.1) is 24.0 Å². The third-order valence-electron chi connectivity index (χ3n) is 4.48. The molecule has 1 atom stereocenters. The summed E-state index contributed by atoms with van der Waals surface area (Å²) in [4.78, 5) is 6.02. The van der Waals surface area contributed by atoms with Gasteiger partial charge in [0.25, 0.3) is 0 Å². The van der Waals surface area contributed by atoms with E-state index in [1.807, 2.05) is 31.2 Å². The Morgan fingerprint density at radius 1 is 1.30 bits per heavy atom. The molecule has 30 heavy (non-hydrogen) atoms. The normalized spacial score (nSPS) is 17.5. The van der Waals surface area contributed by atoms with Crippen LogP contribution in [0.4, 0.5) is 18.9 Å². The van der Waals surface area contributed by atoms with Crippen LogP contribution in [0.25, 0.3) is 0 Å². The first-order valence-corrected chi connectivity index (χ1v) is 9.96. The number of nitrogens with one attached hydrogen (secondary N) is 2. The maximum absolute atomic E-state index is 12.5. The van der Waals surface area contributed by atoms with Crippen LogP contribution in [0, 0.1) is 5.92 Å². The number of aliphatic imine (C=N–C) groups is 1. The molecule has 1 aromatic rings. The average molecular weight is 544 g/mol. The van der Waals surface area contributed by atoms with Gasteiger partial charge in [0.2, 0.25) is 0 Å². The van der Waals surface area contributed by atoms with E-state index in [1.165, 1.54) is 4.90 Å². The van der Waals surface area contributed by atoms with Crippen molar-refractivity contribution in [2.24, 2.45) is 10.9 Å². The molecule has 6 nitrogen and oxygen atoms in total. The standard InChI is InChI=1S/C20H31F3N4O2.HI/c1-3-24-19(25-13-16-8-9-27(14-16)15-20(21,22)23)26-17-6-4-7-18(12-17)29-11-5-10-28-2;/h4,6-7,12,16H,3,5,8-11,13-15H2,1-2H3,(H2,24,25,26);1H. The summed E-state index contributed by atoms with van der Waals surface area (Å²) < 4.78 is 48.3. The second-order valence-electron chi connectivity index (χ2n) is 7.07. The van der Waals surface area contributed by atoms with Crippen LogP contribution < -0.4 is 15.4 Å². The number of anilines is 1. The van der Waals surface area contributed by atoms with Crippen molar-refractivity contribution in [1.82, 2.24) is 10.2 Å². The van der Waals surface area contributed by atoms with Crippen LogP contribution in [0.5, 0.6) is 5.75 Å². The number of alkyl halides is 3. The van der Waals surface area contributed by atoms with E-state index in [2.05, 4.69) is 15.6 Å². The summed E-state index contributed by atoms with van der Waals surface area (Å²) in [6, 6.07) is 7.58. The molecule has 1 aliphatic rings. The van der Waals surface area contributed by atoms with E-state index in [-0.39, 0.29) is 29.9 Å². The lowest BCUT2D eigenvalue weighted by Gasteiger charge is -2.17. The summed E-state index contributed by atoms with van der Waals surface area (Å²) in [5, 5.41) is 6.41. The molecule has 2 N–H and O–H groups in total. The van der Waals surface area contributed by atoms with Crippen LogP contribution in [0.2, 0.25) is 0 Å². The van der Waals surface area contributed by atoms with Gasteiger partial charge in [0.05, 0.1) is 13.2 Å². The highest BCUT2D eigenvalue weighted by Gasteiger charge is 2.34. The first-order valence-electron chi connectivity index (χ1n) is 9.96. The minimum atomic E-state index is -4.15. The summed E-state index contributed by atoms with van der Waals surface area (Å²) in [5.74, 6) is 1.49. The van der Waals surface area contributed by atoms with Gasteiger partial charge in [-0.2, -0.15) is 13.2 Å². The second-order valence-corrected chi connectivity index (χ2v) is 7.07. The molecule has 1 aromatic carbocycles. The van der Waals surface area contributed by atoms with Crippen molar-refractivity contribution in [3.8, 4) is 5.75 Å². The smallest absolute Gasteiger partial charge is 0.401 e. The topological polar surface area (TPSA) is 58.1 Å². The minimum Gasteiger partial charge on any atom is -0.493 e. The molecule has 0 saturated carbocycles. The van der Waals surface area contributed by atoms with Crippen molar-refractivity contribution in [3.63, 3.8) is 0 Å². The average Bonchev–Trinajstić information content (AvgIpc) is 3.09. The Morgan fingerprint density at radius 2 is 2.10 bits per heavy atom. The van der Waals surface area contributed by atoms with Gasteiger partial charge >= 0.3 is 6.18 Å². The predicted molar refractivity (Wildman–Crippen MR) is 124 cm³/mol. The Bertz CT molecular complexity index is 647. The van der Waals surface area contributed by atoms with Crippen LogP contribution in [0.15, 0.2) is 29.3 Å². The van der Waals surface area contributed by atoms with Crippen LogP contribution in [-0.4, -0.2) is 70.1 Å². The number of nitrogens with zero attached hydrogens (tertiary/aromatic N) is 2. The molecular formula is C20H32F3IN4O2. The number of benzene rings is 1. The van der Waals surface area contributed by atoms with Crippen LogP contribution in [0.3, 0.4) is 0 Å². The number of methoxy groups -OCH3 is 1. The first kappa shape index (κ1) is 26.8. The molecule has 10 heteroatoms. The number of rotatable bonds is 10. The maximum atomic E-state index is 12.5. The van der Waals surface area contributed by atoms with Crippen molar-refractivity contribution >= 4 is 35.6 Å². The van der Waals surface area contributed by atoms with E-state index >= 15 is 0 Å². The van der Waals surface area contributed by atoms with E-state index < -0.39 is 12.7 Å². The Morgan fingerprint density at radius 3 is 2.80 bits per heavy atom. The molecule has 0 amide bonds. The van der Waals surface area contributed by atoms with Gasteiger partial charge in [-0.05, 0) is 37.9 Å². The van der Waals surface area contributed by atoms with Crippen molar-refractivity contribution in [3.05, 3.63) is 24.3 Å². The van der Waals surface area contributed by atoms with E-state index in [4.69, 9.17) is 9.47 Å². The van der Waals surface area contributed by atoms with Gasteiger partial charge < -0.3 is 20.1 Å². The Hall–Kier alpha value is -1.27. The van der Waals surface area contributed by atoms with Gasteiger partial charge in [-0.3, -0.25) is 9.89 Å². The summed E-state index contributed by atoms with van der Waals surface area (Å²) in [6.45, 7) is 4.40. The lowest BCUT2D eigenvalue weighted by Crippen LogP contribution is -2.33. The van der Waals surface area contributed by atoms with Gasteiger partial charge in [-0.1, -0.05) is 6.07 Å². The monoisotopic (exact) mass is 544 g/mol. The van der Waals surface area contributed by atoms with Gasteiger partial charge in [0.1, 0.15) is 5.75 Å². The zero-order chi connectivity index (χ0) is 21.1. The molecule has 0 radical (unpaired) electrons. The SMILES string of the molecule is CCNC(=NCC1CCN(CC(F)(F)F)C1)Nc1cccc(OCCCOC)c1.I. The van der Waals surface area contributed by atoms with Gasteiger partial charge in [-0.25, -0.2) is 0 Å². The lowest BCUT2D eigenvalue weighted by atomic mass is 10.1. The number of halogens is 4. The number of hydrogen-bond donors (Lipinski definition) is 2. The largest absolute Gasteiger partial charge is 0.493 e. The zero-order valence-electron chi connectivity index (χ0n) is 17.5. The van der Waals surface area contributed by atoms with Crippen LogP contribution in [-0.2, 0) is 4.74 Å². The van der Waals surface area contributed by atoms with Gasteiger partial charge in [0, 0.05) is 51.5 Å². The molecule has 1 aliphatic heterocycles. The fraction of sp³-hybridized carbons (Fsp3) is 0.650. The highest BCUT2D eigenvalue weighted by molar-refractivity contribution is 14.0. The molecule has 1 saturated heterocycles.